The van der Waals surface area contributed by atoms with Crippen molar-refractivity contribution in [1.29, 1.82) is 0 Å². The maximum atomic E-state index is 13.1. The number of aromatic hydroxyl groups is 2. The van der Waals surface area contributed by atoms with Gasteiger partial charge in [0, 0.05) is 64.1 Å². The first-order valence-electron chi connectivity index (χ1n) is 31.0. The smallest absolute Gasteiger partial charge is 0.333 e. The molecule has 20 atom stereocenters. The first-order valence-corrected chi connectivity index (χ1v) is 31.0. The van der Waals surface area contributed by atoms with Crippen LogP contribution in [0.1, 0.15) is 84.0 Å². The molecule has 5 rings (SSSR count). The number of aliphatic hydroxyl groups is 13. The molecule has 0 aromatic carbocycles. The molecule has 4 aliphatic heterocycles. The predicted octanol–water partition coefficient (Wildman–Crippen LogP) is -9.27. The van der Waals surface area contributed by atoms with Crippen molar-refractivity contribution in [3.8, 4) is 11.8 Å². The lowest BCUT2D eigenvalue weighted by molar-refractivity contribution is -0.366. The standard InChI is InChI=1S/C56H95N7O30/c1-29-41(74)45(78)48(81)53(88-29)85-21-19-60-33(66)11-5-2-8-16-57-35(68)23-62(25-37(70)59-18-10-4-7-13-40(73)93-63-38(71)14-15-39(63)72)24-36(69)58-17-9-3-6-12-34(67)61-20-22-86-55-51(84)52(92-56-50(83)47(80)43(76)31(27-65)90-56)44(77)32(91-55)28-87-54-49(82)46(79)42(75)30(26-64)89-54/h14-15,29-32,41-56,64-65,71-72,74-84H,2-13,16-28H2,1H3,(H,57,68)(H,58,69)(H,59,70)(H,60,66)(H,61,67). The van der Waals surface area contributed by atoms with Gasteiger partial charge in [0.15, 0.2) is 25.2 Å². The number of nitrogens with zero attached hydrogens (tertiary/aromatic N) is 2. The van der Waals surface area contributed by atoms with Gasteiger partial charge in [0.05, 0.1) is 58.8 Å². The van der Waals surface area contributed by atoms with Gasteiger partial charge in [-0.15, -0.1) is 4.73 Å². The van der Waals surface area contributed by atoms with Crippen molar-refractivity contribution in [1.82, 2.24) is 36.2 Å². The molecule has 20 N–H and O–H groups in total. The molecule has 1 aromatic rings. The minimum absolute atomic E-state index is 0.0295. The van der Waals surface area contributed by atoms with Crippen LogP contribution >= 0.6 is 0 Å². The first kappa shape index (κ1) is 78.5. The number of carbonyl (C=O) groups excluding carboxylic acids is 6. The van der Waals surface area contributed by atoms with E-state index in [-0.39, 0.29) is 90.7 Å². The van der Waals surface area contributed by atoms with Crippen molar-refractivity contribution in [2.45, 2.75) is 207 Å². The van der Waals surface area contributed by atoms with E-state index in [1.54, 1.807) is 0 Å². The average molecular weight is 1350 g/mol. The van der Waals surface area contributed by atoms with Gasteiger partial charge in [0.25, 0.3) is 0 Å². The van der Waals surface area contributed by atoms with Crippen LogP contribution < -0.4 is 31.4 Å². The molecule has 0 saturated carbocycles. The summed E-state index contributed by atoms with van der Waals surface area (Å²) >= 11 is 0. The summed E-state index contributed by atoms with van der Waals surface area (Å²) in [5, 5.41) is 167. The number of ether oxygens (including phenoxy) is 8. The lowest BCUT2D eigenvalue weighted by Crippen LogP contribution is -2.65. The molecule has 37 heteroatoms. The Hall–Kier alpha value is -5.18. The number of aromatic nitrogens is 1. The highest BCUT2D eigenvalue weighted by Crippen LogP contribution is 2.31. The third kappa shape index (κ3) is 25.1. The van der Waals surface area contributed by atoms with Gasteiger partial charge in [-0.05, 0) is 45.4 Å². The molecule has 0 aliphatic carbocycles. The summed E-state index contributed by atoms with van der Waals surface area (Å²) in [5.74, 6) is -3.77. The van der Waals surface area contributed by atoms with E-state index in [4.69, 9.17) is 42.7 Å². The van der Waals surface area contributed by atoms with Crippen molar-refractivity contribution in [2.24, 2.45) is 0 Å². The second kappa shape index (κ2) is 40.4. The predicted molar refractivity (Wildman–Crippen MR) is 310 cm³/mol. The van der Waals surface area contributed by atoms with E-state index in [0.29, 0.717) is 62.5 Å². The number of rotatable bonds is 40. The molecule has 93 heavy (non-hydrogen) atoms. The largest absolute Gasteiger partial charge is 0.492 e. The van der Waals surface area contributed by atoms with Gasteiger partial charge >= 0.3 is 5.97 Å². The molecule has 4 aliphatic rings. The van der Waals surface area contributed by atoms with Crippen LogP contribution in [0, 0.1) is 0 Å². The molecule has 1 aromatic heterocycles. The SMILES string of the molecule is CC1OC(OCCNC(=O)CCCCCNC(=O)CN(CC(=O)NCCCCCC(=O)NCCOC2OC(COC3OC(CO)C(O)C(O)C3O)C(O)C(OC3OC(CO)C(O)C(O)C3O)C2O)CC(=O)NCCCCCC(=O)On2c(O)ccc2O)C(O)C(O)C1O. The monoisotopic (exact) mass is 1350 g/mol. The summed E-state index contributed by atoms with van der Waals surface area (Å²) < 4.78 is 44.8. The lowest BCUT2D eigenvalue weighted by Gasteiger charge is -2.46. The summed E-state index contributed by atoms with van der Waals surface area (Å²) in [4.78, 5) is 82.8. The quantitative estimate of drug-likeness (QED) is 0.0271. The van der Waals surface area contributed by atoms with Gasteiger partial charge in [0.2, 0.25) is 41.3 Å². The van der Waals surface area contributed by atoms with Crippen molar-refractivity contribution in [3.05, 3.63) is 12.1 Å². The van der Waals surface area contributed by atoms with E-state index in [1.807, 2.05) is 0 Å². The zero-order valence-electron chi connectivity index (χ0n) is 51.6. The Bertz CT molecular complexity index is 2400. The number of hydrogen-bond acceptors (Lipinski definition) is 31. The van der Waals surface area contributed by atoms with Crippen LogP contribution in [0.5, 0.6) is 11.8 Å². The molecule has 4 fully saturated rings. The van der Waals surface area contributed by atoms with E-state index in [0.717, 1.165) is 12.1 Å². The van der Waals surface area contributed by atoms with Crippen molar-refractivity contribution in [3.63, 3.8) is 0 Å². The number of aliphatic hydroxyl groups excluding tert-OH is 13. The van der Waals surface area contributed by atoms with Crippen LogP contribution in [-0.4, -0.2) is 330 Å². The third-order valence-electron chi connectivity index (χ3n) is 15.6. The van der Waals surface area contributed by atoms with E-state index < -0.39 is 184 Å². The average Bonchev–Trinajstić information content (AvgIpc) is 1.65. The minimum Gasteiger partial charge on any atom is -0.492 e. The third-order valence-corrected chi connectivity index (χ3v) is 15.6. The van der Waals surface area contributed by atoms with Crippen molar-refractivity contribution in [2.75, 3.05) is 85.4 Å². The number of amides is 5. The van der Waals surface area contributed by atoms with Crippen molar-refractivity contribution < 1.29 is 148 Å². The summed E-state index contributed by atoms with van der Waals surface area (Å²) in [6.07, 6.45) is -27.8. The second-order valence-corrected chi connectivity index (χ2v) is 22.9. The van der Waals surface area contributed by atoms with Gasteiger partial charge in [-0.25, -0.2) is 4.79 Å². The highest BCUT2D eigenvalue weighted by Gasteiger charge is 2.52. The topological polar surface area (TPSA) is 557 Å². The summed E-state index contributed by atoms with van der Waals surface area (Å²) in [6.45, 7) is -1.55. The Morgan fingerprint density at radius 2 is 0.839 bits per heavy atom. The molecule has 0 bridgehead atoms. The first-order chi connectivity index (χ1) is 44.3. The van der Waals surface area contributed by atoms with Gasteiger partial charge in [0.1, 0.15) is 91.6 Å². The maximum absolute atomic E-state index is 13.1. The minimum atomic E-state index is -1.95. The normalized spacial score (nSPS) is 31.3. The highest BCUT2D eigenvalue weighted by molar-refractivity contribution is 5.84. The zero-order valence-corrected chi connectivity index (χ0v) is 51.6. The van der Waals surface area contributed by atoms with Crippen LogP contribution in [0.3, 0.4) is 0 Å². The highest BCUT2D eigenvalue weighted by atomic mass is 16.8. The molecule has 0 spiro atoms. The number of carbonyl (C=O) groups is 6. The summed E-state index contributed by atoms with van der Waals surface area (Å²) in [5.41, 5.74) is 0. The Morgan fingerprint density at radius 3 is 1.31 bits per heavy atom. The summed E-state index contributed by atoms with van der Waals surface area (Å²) in [7, 11) is 0. The molecular weight excluding hydrogens is 1250 g/mol. The Balaban J connectivity index is 1.01. The fraction of sp³-hybridized carbons (Fsp3) is 0.821. The lowest BCUT2D eigenvalue weighted by atomic mass is 9.96. The van der Waals surface area contributed by atoms with Crippen LogP contribution in [0.15, 0.2) is 12.1 Å². The van der Waals surface area contributed by atoms with Crippen LogP contribution in [-0.2, 0) is 66.7 Å². The fourth-order valence-electron chi connectivity index (χ4n) is 10.1. The van der Waals surface area contributed by atoms with E-state index in [2.05, 4.69) is 26.6 Å². The Morgan fingerprint density at radius 1 is 0.441 bits per heavy atom. The van der Waals surface area contributed by atoms with Crippen molar-refractivity contribution >= 4 is 35.5 Å². The molecular formula is C56H95N7O30. The number of hydrogen-bond donors (Lipinski definition) is 20. The molecule has 4 saturated heterocycles. The number of nitrogens with one attached hydrogen (secondary N) is 5. The molecule has 0 radical (unpaired) electrons. The van der Waals surface area contributed by atoms with E-state index in [1.165, 1.54) is 11.8 Å². The maximum Gasteiger partial charge on any atom is 0.333 e. The molecule has 5 heterocycles. The van der Waals surface area contributed by atoms with E-state index >= 15 is 0 Å². The number of unbranched alkanes of at least 4 members (excludes halogenated alkanes) is 6. The zero-order chi connectivity index (χ0) is 68.3. The van der Waals surface area contributed by atoms with Gasteiger partial charge in [-0.2, -0.15) is 0 Å². The van der Waals surface area contributed by atoms with Gasteiger partial charge < -0.3 is 146 Å². The Kier molecular flexibility index (Phi) is 34.1. The van der Waals surface area contributed by atoms with Crippen LogP contribution in [0.4, 0.5) is 0 Å². The Labute approximate surface area is 534 Å². The molecule has 5 amide bonds. The van der Waals surface area contributed by atoms with Crippen LogP contribution in [0.2, 0.25) is 0 Å². The van der Waals surface area contributed by atoms with Crippen LogP contribution in [0.25, 0.3) is 0 Å². The fourth-order valence-corrected chi connectivity index (χ4v) is 10.1. The second-order valence-electron chi connectivity index (χ2n) is 22.9. The molecule has 534 valence electrons. The summed E-state index contributed by atoms with van der Waals surface area (Å²) in [6, 6.07) is 2.29. The van der Waals surface area contributed by atoms with E-state index in [9.17, 15) is 105 Å². The molecule has 20 unspecified atom stereocenters. The van der Waals surface area contributed by atoms with Gasteiger partial charge in [-0.3, -0.25) is 28.9 Å². The molecule has 37 nitrogen and oxygen atoms in total. The van der Waals surface area contributed by atoms with Gasteiger partial charge in [-0.1, -0.05) is 19.3 Å².